The van der Waals surface area contributed by atoms with Crippen molar-refractivity contribution in [3.8, 4) is 0 Å². The van der Waals surface area contributed by atoms with E-state index in [1.165, 1.54) is 23.5 Å². The zero-order valence-corrected chi connectivity index (χ0v) is 11.1. The monoisotopic (exact) mass is 256 g/mol. The Kier molecular flexibility index (Phi) is 4.23. The Hall–Kier alpha value is -0.550. The van der Waals surface area contributed by atoms with E-state index in [1.54, 1.807) is 0 Å². The van der Waals surface area contributed by atoms with Crippen LogP contribution < -0.4 is 4.90 Å². The first-order valence-corrected chi connectivity index (χ1v) is 7.60. The summed E-state index contributed by atoms with van der Waals surface area (Å²) >= 11 is 3.54. The predicted octanol–water partition coefficient (Wildman–Crippen LogP) is 2.46. The number of thiazole rings is 1. The van der Waals surface area contributed by atoms with Crippen LogP contribution in [0.3, 0.4) is 0 Å². The Labute approximate surface area is 104 Å². The van der Waals surface area contributed by atoms with Crippen LogP contribution in [0.1, 0.15) is 28.7 Å². The van der Waals surface area contributed by atoms with Gasteiger partial charge in [0.1, 0.15) is 0 Å². The molecule has 0 aliphatic carbocycles. The molecule has 1 aliphatic rings. The molecule has 2 heterocycles. The fraction of sp³-hybridized carbons (Fsp3) is 0.636. The lowest BCUT2D eigenvalue weighted by atomic mass is 10.3. The number of aryl methyl sites for hydroxylation is 1. The Balaban J connectivity index is 2.18. The summed E-state index contributed by atoms with van der Waals surface area (Å²) in [5.74, 6) is 2.40. The van der Waals surface area contributed by atoms with Crippen molar-refractivity contribution in [2.24, 2.45) is 0 Å². The van der Waals surface area contributed by atoms with Crippen molar-refractivity contribution in [3.63, 3.8) is 0 Å². The summed E-state index contributed by atoms with van der Waals surface area (Å²) in [5.41, 5.74) is 0.951. The van der Waals surface area contributed by atoms with E-state index in [0.29, 0.717) is 0 Å². The molecule has 2 rings (SSSR count). The largest absolute Gasteiger partial charge is 0.347 e. The number of anilines is 1. The summed E-state index contributed by atoms with van der Waals surface area (Å²) in [6, 6.07) is 0. The highest BCUT2D eigenvalue weighted by molar-refractivity contribution is 7.99. The first-order valence-electron chi connectivity index (χ1n) is 5.62. The molecule has 0 spiro atoms. The van der Waals surface area contributed by atoms with Crippen molar-refractivity contribution in [1.82, 2.24) is 4.98 Å². The molecule has 0 unspecified atom stereocenters. The average molecular weight is 256 g/mol. The molecule has 0 amide bonds. The Morgan fingerprint density at radius 2 is 2.31 bits per heavy atom. The minimum absolute atomic E-state index is 0.800. The summed E-state index contributed by atoms with van der Waals surface area (Å²) in [7, 11) is 0. The van der Waals surface area contributed by atoms with Gasteiger partial charge in [-0.15, -0.1) is 0 Å². The van der Waals surface area contributed by atoms with Gasteiger partial charge in [0.05, 0.1) is 10.6 Å². The molecule has 88 valence electrons. The highest BCUT2D eigenvalue weighted by Crippen LogP contribution is 2.27. The third-order valence-corrected chi connectivity index (χ3v) is 4.78. The summed E-state index contributed by atoms with van der Waals surface area (Å²) in [5, 5.41) is 1.03. The number of aromatic nitrogens is 1. The van der Waals surface area contributed by atoms with E-state index in [2.05, 4.69) is 9.88 Å². The quantitative estimate of drug-likeness (QED) is 0.778. The van der Waals surface area contributed by atoms with Crippen molar-refractivity contribution < 1.29 is 4.79 Å². The smallest absolute Gasteiger partial charge is 0.186 e. The molecule has 1 saturated heterocycles. The standard InChI is InChI=1S/C11H16N2OS2/c1-2-9-10(8-14)16-11(12-9)13-4-3-6-15-7-5-13/h8H,2-7H2,1H3. The highest BCUT2D eigenvalue weighted by Gasteiger charge is 2.16. The number of aldehydes is 1. The molecular formula is C11H16N2OS2. The topological polar surface area (TPSA) is 33.2 Å². The fourth-order valence-corrected chi connectivity index (χ4v) is 3.68. The van der Waals surface area contributed by atoms with Crippen molar-refractivity contribution in [2.75, 3.05) is 29.5 Å². The van der Waals surface area contributed by atoms with Crippen LogP contribution in [0.25, 0.3) is 0 Å². The van der Waals surface area contributed by atoms with Gasteiger partial charge in [-0.25, -0.2) is 4.98 Å². The maximum absolute atomic E-state index is 10.9. The number of carbonyl (C=O) groups excluding carboxylic acids is 1. The van der Waals surface area contributed by atoms with Gasteiger partial charge in [0.25, 0.3) is 0 Å². The van der Waals surface area contributed by atoms with Crippen LogP contribution in [0.2, 0.25) is 0 Å². The minimum atomic E-state index is 0.800. The highest BCUT2D eigenvalue weighted by atomic mass is 32.2. The van der Waals surface area contributed by atoms with Crippen LogP contribution in [0.15, 0.2) is 0 Å². The van der Waals surface area contributed by atoms with Gasteiger partial charge in [-0.3, -0.25) is 4.79 Å². The lowest BCUT2D eigenvalue weighted by Gasteiger charge is -2.18. The number of hydrogen-bond acceptors (Lipinski definition) is 5. The molecule has 0 atom stereocenters. The van der Waals surface area contributed by atoms with Gasteiger partial charge in [0, 0.05) is 18.8 Å². The second kappa shape index (κ2) is 5.68. The molecule has 1 aromatic heterocycles. The van der Waals surface area contributed by atoms with Crippen LogP contribution in [0.4, 0.5) is 5.13 Å². The third-order valence-electron chi connectivity index (χ3n) is 2.65. The zero-order chi connectivity index (χ0) is 11.4. The van der Waals surface area contributed by atoms with Crippen molar-refractivity contribution in [3.05, 3.63) is 10.6 Å². The number of carbonyl (C=O) groups is 1. The van der Waals surface area contributed by atoms with E-state index >= 15 is 0 Å². The number of hydrogen-bond donors (Lipinski definition) is 0. The predicted molar refractivity (Wildman–Crippen MR) is 71.0 cm³/mol. The first-order chi connectivity index (χ1) is 7.85. The van der Waals surface area contributed by atoms with Gasteiger partial charge in [-0.05, 0) is 18.6 Å². The van der Waals surface area contributed by atoms with E-state index < -0.39 is 0 Å². The van der Waals surface area contributed by atoms with Gasteiger partial charge in [-0.2, -0.15) is 11.8 Å². The molecule has 3 nitrogen and oxygen atoms in total. The molecule has 1 aliphatic heterocycles. The van der Waals surface area contributed by atoms with Gasteiger partial charge in [0.2, 0.25) is 0 Å². The normalized spacial score (nSPS) is 17.2. The number of thioether (sulfide) groups is 1. The van der Waals surface area contributed by atoms with Crippen LogP contribution in [0.5, 0.6) is 0 Å². The van der Waals surface area contributed by atoms with Gasteiger partial charge < -0.3 is 4.90 Å². The lowest BCUT2D eigenvalue weighted by Crippen LogP contribution is -2.25. The van der Waals surface area contributed by atoms with E-state index in [4.69, 9.17) is 0 Å². The van der Waals surface area contributed by atoms with Crippen molar-refractivity contribution >= 4 is 34.5 Å². The van der Waals surface area contributed by atoms with Crippen LogP contribution >= 0.6 is 23.1 Å². The van der Waals surface area contributed by atoms with E-state index in [-0.39, 0.29) is 0 Å². The van der Waals surface area contributed by atoms with Gasteiger partial charge in [0.15, 0.2) is 11.4 Å². The van der Waals surface area contributed by atoms with E-state index in [0.717, 1.165) is 47.3 Å². The molecule has 0 saturated carbocycles. The summed E-state index contributed by atoms with van der Waals surface area (Å²) in [4.78, 5) is 18.6. The van der Waals surface area contributed by atoms with Crippen molar-refractivity contribution in [1.29, 1.82) is 0 Å². The van der Waals surface area contributed by atoms with Crippen LogP contribution in [0, 0.1) is 0 Å². The Morgan fingerprint density at radius 3 is 3.00 bits per heavy atom. The molecule has 1 fully saturated rings. The van der Waals surface area contributed by atoms with E-state index in [1.807, 2.05) is 18.7 Å². The maximum atomic E-state index is 10.9. The lowest BCUT2D eigenvalue weighted by molar-refractivity contribution is 0.112. The molecule has 5 heteroatoms. The second-order valence-corrected chi connectivity index (χ2v) is 5.97. The van der Waals surface area contributed by atoms with Crippen LogP contribution in [-0.4, -0.2) is 35.9 Å². The maximum Gasteiger partial charge on any atom is 0.186 e. The Bertz CT molecular complexity index is 357. The molecule has 16 heavy (non-hydrogen) atoms. The molecule has 1 aromatic rings. The fourth-order valence-electron chi connectivity index (χ4n) is 1.77. The SMILES string of the molecule is CCc1nc(N2CCCSCC2)sc1C=O. The zero-order valence-electron chi connectivity index (χ0n) is 9.44. The van der Waals surface area contributed by atoms with Gasteiger partial charge in [-0.1, -0.05) is 18.3 Å². The molecule has 0 radical (unpaired) electrons. The molecular weight excluding hydrogens is 240 g/mol. The minimum Gasteiger partial charge on any atom is -0.347 e. The molecule has 0 bridgehead atoms. The number of rotatable bonds is 3. The molecule has 0 aromatic carbocycles. The number of nitrogens with zero attached hydrogens (tertiary/aromatic N) is 2. The average Bonchev–Trinajstić information content (AvgIpc) is 2.54. The summed E-state index contributed by atoms with van der Waals surface area (Å²) in [6.45, 7) is 4.17. The van der Waals surface area contributed by atoms with Crippen LogP contribution in [-0.2, 0) is 6.42 Å². The first kappa shape index (κ1) is 11.9. The third kappa shape index (κ3) is 2.58. The Morgan fingerprint density at radius 1 is 1.44 bits per heavy atom. The second-order valence-electron chi connectivity index (χ2n) is 3.73. The van der Waals surface area contributed by atoms with Gasteiger partial charge >= 0.3 is 0 Å². The molecule has 0 N–H and O–H groups in total. The summed E-state index contributed by atoms with van der Waals surface area (Å²) < 4.78 is 0. The van der Waals surface area contributed by atoms with E-state index in [9.17, 15) is 4.79 Å². The summed E-state index contributed by atoms with van der Waals surface area (Å²) in [6.07, 6.45) is 2.99. The van der Waals surface area contributed by atoms with Crippen molar-refractivity contribution in [2.45, 2.75) is 19.8 Å².